The highest BCUT2D eigenvalue weighted by atomic mass is 32.1. The second-order valence-electron chi connectivity index (χ2n) is 3.51. The van der Waals surface area contributed by atoms with Gasteiger partial charge < -0.3 is 16.2 Å². The van der Waals surface area contributed by atoms with Crippen LogP contribution < -0.4 is 11.1 Å². The molecule has 0 bridgehead atoms. The number of hydrogen-bond donors (Lipinski definition) is 3. The summed E-state index contributed by atoms with van der Waals surface area (Å²) in [6, 6.07) is 0.781. The van der Waals surface area contributed by atoms with Crippen LogP contribution in [0.25, 0.3) is 6.08 Å². The topological polar surface area (TPSA) is 109 Å². The van der Waals surface area contributed by atoms with Gasteiger partial charge in [0.1, 0.15) is 6.04 Å². The average Bonchev–Trinajstić information content (AvgIpc) is 2.74. The molecule has 2 amide bonds. The fourth-order valence-electron chi connectivity index (χ4n) is 1.06. The monoisotopic (exact) mass is 268 g/mol. The first-order valence-corrected chi connectivity index (χ1v) is 5.88. The Kier molecular flexibility index (Phi) is 4.61. The zero-order valence-electron chi connectivity index (χ0n) is 9.54. The fourth-order valence-corrected chi connectivity index (χ4v) is 1.84. The molecule has 0 saturated carbocycles. The Labute approximate surface area is 107 Å². The summed E-state index contributed by atoms with van der Waals surface area (Å²) in [7, 11) is 0. The highest BCUT2D eigenvalue weighted by Gasteiger charge is 2.14. The van der Waals surface area contributed by atoms with Gasteiger partial charge in [-0.25, -0.2) is 4.79 Å². The second-order valence-corrected chi connectivity index (χ2v) is 4.45. The molecule has 0 fully saturated rings. The van der Waals surface area contributed by atoms with Crippen molar-refractivity contribution in [2.75, 3.05) is 0 Å². The summed E-state index contributed by atoms with van der Waals surface area (Å²) >= 11 is 1.23. The molecule has 0 saturated heterocycles. The van der Waals surface area contributed by atoms with Crippen molar-refractivity contribution in [2.45, 2.75) is 13.0 Å². The van der Waals surface area contributed by atoms with E-state index in [1.807, 2.05) is 0 Å². The van der Waals surface area contributed by atoms with Crippen molar-refractivity contribution in [1.29, 1.82) is 0 Å². The van der Waals surface area contributed by atoms with Gasteiger partial charge in [0.05, 0.1) is 5.56 Å². The maximum Gasteiger partial charge on any atom is 0.328 e. The molecular formula is C11H12N2O4S. The molecule has 0 radical (unpaired) electrons. The van der Waals surface area contributed by atoms with E-state index in [1.165, 1.54) is 30.4 Å². The first kappa shape index (κ1) is 13.9. The van der Waals surface area contributed by atoms with Crippen molar-refractivity contribution in [2.24, 2.45) is 5.73 Å². The van der Waals surface area contributed by atoms with Crippen molar-refractivity contribution in [1.82, 2.24) is 5.32 Å². The predicted octanol–water partition coefficient (Wildman–Crippen LogP) is 0.450. The summed E-state index contributed by atoms with van der Waals surface area (Å²) in [5.74, 6) is -2.10. The minimum atomic E-state index is -1.06. The van der Waals surface area contributed by atoms with E-state index in [-0.39, 0.29) is 0 Å². The number of rotatable bonds is 5. The van der Waals surface area contributed by atoms with Gasteiger partial charge in [-0.15, -0.1) is 11.3 Å². The van der Waals surface area contributed by atoms with E-state index >= 15 is 0 Å². The lowest BCUT2D eigenvalue weighted by atomic mass is 10.2. The molecule has 18 heavy (non-hydrogen) atoms. The number of primary amides is 1. The van der Waals surface area contributed by atoms with Gasteiger partial charge in [0.2, 0.25) is 5.91 Å². The summed E-state index contributed by atoms with van der Waals surface area (Å²) in [5.41, 5.74) is 5.38. The molecule has 96 valence electrons. The van der Waals surface area contributed by atoms with E-state index < -0.39 is 23.8 Å². The van der Waals surface area contributed by atoms with Crippen LogP contribution in [0, 0.1) is 0 Å². The molecule has 6 nitrogen and oxygen atoms in total. The number of nitrogens with one attached hydrogen (secondary N) is 1. The highest BCUT2D eigenvalue weighted by Crippen LogP contribution is 2.16. The van der Waals surface area contributed by atoms with Crippen molar-refractivity contribution >= 4 is 35.2 Å². The number of carboxylic acids is 1. The van der Waals surface area contributed by atoms with E-state index in [9.17, 15) is 14.4 Å². The Morgan fingerprint density at radius 3 is 2.72 bits per heavy atom. The molecule has 0 spiro atoms. The van der Waals surface area contributed by atoms with Gasteiger partial charge in [-0.05, 0) is 19.1 Å². The first-order valence-electron chi connectivity index (χ1n) is 5.00. The lowest BCUT2D eigenvalue weighted by Gasteiger charge is -2.08. The Hall–Kier alpha value is -2.15. The molecule has 1 unspecified atom stereocenters. The van der Waals surface area contributed by atoms with Crippen LogP contribution in [0.1, 0.15) is 22.2 Å². The maximum absolute atomic E-state index is 11.7. The molecule has 4 N–H and O–H groups in total. The van der Waals surface area contributed by atoms with Crippen molar-refractivity contribution in [3.63, 3.8) is 0 Å². The van der Waals surface area contributed by atoms with Gasteiger partial charge in [0, 0.05) is 16.3 Å². The number of carboxylic acid groups (broad SMARTS) is 1. The highest BCUT2D eigenvalue weighted by molar-refractivity contribution is 7.11. The number of aliphatic carboxylic acids is 1. The fraction of sp³-hybridized carbons (Fsp3) is 0.182. The maximum atomic E-state index is 11.7. The normalized spacial score (nSPS) is 12.3. The van der Waals surface area contributed by atoms with Gasteiger partial charge in [-0.3, -0.25) is 9.59 Å². The van der Waals surface area contributed by atoms with Gasteiger partial charge in [0.25, 0.3) is 5.91 Å². The number of nitrogens with two attached hydrogens (primary N) is 1. The Balaban J connectivity index is 2.71. The molecule has 0 aromatic carbocycles. The molecule has 0 aliphatic rings. The number of hydrogen-bond acceptors (Lipinski definition) is 4. The van der Waals surface area contributed by atoms with E-state index in [1.54, 1.807) is 5.38 Å². The SMILES string of the molecule is CC(NC(=O)c1csc(C=CC(=O)O)c1)C(N)=O. The minimum Gasteiger partial charge on any atom is -0.478 e. The van der Waals surface area contributed by atoms with Crippen LogP contribution in [-0.4, -0.2) is 28.9 Å². The molecule has 0 aliphatic heterocycles. The molecular weight excluding hydrogens is 256 g/mol. The lowest BCUT2D eigenvalue weighted by Crippen LogP contribution is -2.42. The van der Waals surface area contributed by atoms with Crippen molar-refractivity contribution < 1.29 is 19.5 Å². The van der Waals surface area contributed by atoms with Gasteiger partial charge in [0.15, 0.2) is 0 Å². The quantitative estimate of drug-likeness (QED) is 0.673. The Morgan fingerprint density at radius 1 is 1.50 bits per heavy atom. The number of thiophene rings is 1. The Bertz CT molecular complexity index is 507. The molecule has 7 heteroatoms. The number of carbonyl (C=O) groups is 3. The van der Waals surface area contributed by atoms with Crippen molar-refractivity contribution in [3.05, 3.63) is 28.0 Å². The summed E-state index contributed by atoms with van der Waals surface area (Å²) in [6.45, 7) is 1.48. The molecule has 1 aromatic heterocycles. The smallest absolute Gasteiger partial charge is 0.328 e. The van der Waals surface area contributed by atoms with Crippen LogP contribution in [0.3, 0.4) is 0 Å². The zero-order chi connectivity index (χ0) is 13.7. The summed E-state index contributed by atoms with van der Waals surface area (Å²) in [5, 5.41) is 12.5. The third-order valence-electron chi connectivity index (χ3n) is 2.05. The first-order chi connectivity index (χ1) is 8.40. The largest absolute Gasteiger partial charge is 0.478 e. The van der Waals surface area contributed by atoms with Gasteiger partial charge in [-0.1, -0.05) is 0 Å². The minimum absolute atomic E-state index is 0.359. The molecule has 1 aromatic rings. The van der Waals surface area contributed by atoms with Crippen LogP contribution in [0.2, 0.25) is 0 Å². The van der Waals surface area contributed by atoms with Gasteiger partial charge in [-0.2, -0.15) is 0 Å². The molecule has 1 heterocycles. The van der Waals surface area contributed by atoms with Gasteiger partial charge >= 0.3 is 5.97 Å². The van der Waals surface area contributed by atoms with E-state index in [0.717, 1.165) is 6.08 Å². The zero-order valence-corrected chi connectivity index (χ0v) is 10.4. The lowest BCUT2D eigenvalue weighted by molar-refractivity contribution is -0.131. The third kappa shape index (κ3) is 4.02. The van der Waals surface area contributed by atoms with Crippen LogP contribution >= 0.6 is 11.3 Å². The standard InChI is InChI=1S/C11H12N2O4S/c1-6(10(12)16)13-11(17)7-4-8(18-5-7)2-3-9(14)15/h2-6H,1H3,(H2,12,16)(H,13,17)(H,14,15). The molecule has 0 aliphatic carbocycles. The third-order valence-corrected chi connectivity index (χ3v) is 2.94. The molecule has 1 atom stereocenters. The van der Waals surface area contributed by atoms with E-state index in [4.69, 9.17) is 10.8 Å². The van der Waals surface area contributed by atoms with Crippen molar-refractivity contribution in [3.8, 4) is 0 Å². The summed E-state index contributed by atoms with van der Waals surface area (Å²) in [6.07, 6.45) is 2.38. The average molecular weight is 268 g/mol. The number of amides is 2. The van der Waals surface area contributed by atoms with Crippen LogP contribution in [0.4, 0.5) is 0 Å². The summed E-state index contributed by atoms with van der Waals surface area (Å²) < 4.78 is 0. The van der Waals surface area contributed by atoms with Crippen LogP contribution in [0.15, 0.2) is 17.5 Å². The number of carbonyl (C=O) groups excluding carboxylic acids is 2. The van der Waals surface area contributed by atoms with Crippen LogP contribution in [0.5, 0.6) is 0 Å². The van der Waals surface area contributed by atoms with E-state index in [2.05, 4.69) is 5.32 Å². The van der Waals surface area contributed by atoms with E-state index in [0.29, 0.717) is 10.4 Å². The second kappa shape index (κ2) is 5.97. The van der Waals surface area contributed by atoms with Crippen LogP contribution in [-0.2, 0) is 9.59 Å². The summed E-state index contributed by atoms with van der Waals surface area (Å²) in [4.78, 5) is 33.4. The Morgan fingerprint density at radius 2 is 2.17 bits per heavy atom. The predicted molar refractivity (Wildman–Crippen MR) is 67.1 cm³/mol. The molecule has 1 rings (SSSR count).